The molecule has 1 aliphatic rings. The van der Waals surface area contributed by atoms with Gasteiger partial charge in [0, 0.05) is 42.2 Å². The summed E-state index contributed by atoms with van der Waals surface area (Å²) < 4.78 is 37.0. The first-order chi connectivity index (χ1) is 20.4. The molecule has 0 saturated carbocycles. The quantitative estimate of drug-likeness (QED) is 0.0609. The third-order valence-electron chi connectivity index (χ3n) is 8.05. The normalized spacial score (nSPS) is 18.1. The van der Waals surface area contributed by atoms with Gasteiger partial charge in [0.15, 0.2) is 22.9 Å². The van der Waals surface area contributed by atoms with Gasteiger partial charge in [0.05, 0.1) is 45.5 Å². The average molecular weight is 591 g/mol. The Hall–Kier alpha value is -4.24. The Morgan fingerprint density at radius 1 is 1.02 bits per heavy atom. The second kappa shape index (κ2) is 14.3. The summed E-state index contributed by atoms with van der Waals surface area (Å²) in [7, 11) is 1.55. The Morgan fingerprint density at radius 3 is 2.51 bits per heavy atom. The number of carbonyl (C=O) groups is 2. The maximum atomic E-state index is 13.7. The second-order valence-electron chi connectivity index (χ2n) is 10.9. The highest BCUT2D eigenvalue weighted by atomic mass is 19.1. The molecule has 8 nitrogen and oxygen atoms in total. The number of likely N-dealkylation sites (tertiary alicyclic amines) is 1. The number of halogens is 1. The number of ether oxygens (including phenoxy) is 3. The zero-order valence-electron chi connectivity index (χ0n) is 25.0. The van der Waals surface area contributed by atoms with E-state index in [1.54, 1.807) is 31.4 Å². The SMILES string of the molecule is COc1cc(C(C)=O)ccc1OCCC[N+]1(COC(=O)Cc2ccccc2)CCC(c2noc3cc(F)ccc23)CC1.[CH3-]. The van der Waals surface area contributed by atoms with E-state index >= 15 is 0 Å². The van der Waals surface area contributed by atoms with Crippen LogP contribution in [-0.2, 0) is 16.0 Å². The van der Waals surface area contributed by atoms with Crippen LogP contribution in [0.1, 0.15) is 53.7 Å². The topological polar surface area (TPSA) is 87.9 Å². The molecule has 228 valence electrons. The number of fused-ring (bicyclic) bond motifs is 1. The molecule has 0 unspecified atom stereocenters. The third kappa shape index (κ3) is 7.78. The number of rotatable bonds is 12. The minimum absolute atomic E-state index is 0. The van der Waals surface area contributed by atoms with Crippen LogP contribution < -0.4 is 9.47 Å². The number of hydrogen-bond donors (Lipinski definition) is 0. The van der Waals surface area contributed by atoms with Gasteiger partial charge in [-0.25, -0.2) is 4.39 Å². The van der Waals surface area contributed by atoms with Gasteiger partial charge in [0.2, 0.25) is 6.73 Å². The van der Waals surface area contributed by atoms with Crippen molar-refractivity contribution in [2.75, 3.05) is 40.1 Å². The van der Waals surface area contributed by atoms with Crippen LogP contribution in [0.4, 0.5) is 4.39 Å². The Kier molecular flexibility index (Phi) is 10.5. The van der Waals surface area contributed by atoms with Crippen molar-refractivity contribution in [2.45, 2.75) is 38.5 Å². The predicted octanol–water partition coefficient (Wildman–Crippen LogP) is 6.54. The first-order valence-corrected chi connectivity index (χ1v) is 14.3. The number of methoxy groups -OCH3 is 1. The van der Waals surface area contributed by atoms with Crippen LogP contribution in [0.5, 0.6) is 11.5 Å². The number of Topliss-reactive ketones (excluding diaryl/α,β-unsaturated/α-hetero) is 1. The zero-order valence-corrected chi connectivity index (χ0v) is 25.0. The Morgan fingerprint density at radius 2 is 1.79 bits per heavy atom. The Bertz CT molecular complexity index is 1530. The molecule has 1 aromatic heterocycles. The lowest BCUT2D eigenvalue weighted by Crippen LogP contribution is -2.55. The molecular weight excluding hydrogens is 551 g/mol. The number of carbonyl (C=O) groups excluding carboxylic acids is 2. The molecule has 5 rings (SSSR count). The van der Waals surface area contributed by atoms with Gasteiger partial charge < -0.3 is 26.2 Å². The summed E-state index contributed by atoms with van der Waals surface area (Å²) in [6.07, 6.45) is 2.61. The molecule has 1 aliphatic heterocycles. The van der Waals surface area contributed by atoms with Crippen LogP contribution in [0.15, 0.2) is 71.3 Å². The summed E-state index contributed by atoms with van der Waals surface area (Å²) in [5.74, 6) is 0.623. The molecule has 4 aromatic rings. The number of quaternary nitrogens is 1. The standard InChI is InChI=1S/C33H36FN2O6.CH3/c1-23(37)26-9-12-29(31(20-26)39-2)40-18-6-15-36(22-41-32(38)19-24-7-4-3-5-8-24)16-13-25(14-17-36)33-28-11-10-27(34)21-30(28)42-35-33;/h3-5,7-12,20-21,25H,6,13-19,22H2,1-2H3;1H3/q+1;-1. The van der Waals surface area contributed by atoms with Crippen molar-refractivity contribution >= 4 is 22.7 Å². The molecule has 1 saturated heterocycles. The highest BCUT2D eigenvalue weighted by Crippen LogP contribution is 2.35. The van der Waals surface area contributed by atoms with Gasteiger partial charge in [-0.05, 0) is 42.8 Å². The van der Waals surface area contributed by atoms with Crippen molar-refractivity contribution in [2.24, 2.45) is 0 Å². The van der Waals surface area contributed by atoms with Crippen molar-refractivity contribution in [3.8, 4) is 11.5 Å². The molecule has 1 fully saturated rings. The summed E-state index contributed by atoms with van der Waals surface area (Å²) in [5, 5.41) is 5.13. The first kappa shape index (κ1) is 31.7. The summed E-state index contributed by atoms with van der Waals surface area (Å²) in [6.45, 7) is 4.56. The van der Waals surface area contributed by atoms with Crippen molar-refractivity contribution in [1.82, 2.24) is 5.16 Å². The second-order valence-corrected chi connectivity index (χ2v) is 10.9. The minimum Gasteiger partial charge on any atom is -0.493 e. The number of hydrogen-bond acceptors (Lipinski definition) is 7. The van der Waals surface area contributed by atoms with E-state index in [9.17, 15) is 14.0 Å². The molecule has 2 heterocycles. The molecule has 0 aliphatic carbocycles. The molecule has 0 bridgehead atoms. The highest BCUT2D eigenvalue weighted by molar-refractivity contribution is 5.94. The number of piperidine rings is 1. The molecule has 0 radical (unpaired) electrons. The smallest absolute Gasteiger partial charge is 0.314 e. The summed E-state index contributed by atoms with van der Waals surface area (Å²) >= 11 is 0. The fraction of sp³-hybridized carbons (Fsp3) is 0.353. The van der Waals surface area contributed by atoms with E-state index in [4.69, 9.17) is 18.7 Å². The number of nitrogens with zero attached hydrogens (tertiary/aromatic N) is 2. The molecule has 0 atom stereocenters. The van der Waals surface area contributed by atoms with Crippen molar-refractivity contribution in [1.29, 1.82) is 0 Å². The molecule has 43 heavy (non-hydrogen) atoms. The Balaban J connectivity index is 0.00000423. The van der Waals surface area contributed by atoms with E-state index < -0.39 is 0 Å². The maximum absolute atomic E-state index is 13.7. The molecule has 3 aromatic carbocycles. The number of benzene rings is 3. The van der Waals surface area contributed by atoms with Crippen LogP contribution in [0, 0.1) is 13.2 Å². The van der Waals surface area contributed by atoms with E-state index in [-0.39, 0.29) is 44.1 Å². The van der Waals surface area contributed by atoms with Crippen LogP contribution in [-0.4, -0.2) is 61.5 Å². The van der Waals surface area contributed by atoms with Gasteiger partial charge >= 0.3 is 5.97 Å². The van der Waals surface area contributed by atoms with Gasteiger partial charge in [-0.3, -0.25) is 14.1 Å². The largest absolute Gasteiger partial charge is 0.493 e. The molecule has 0 spiro atoms. The van der Waals surface area contributed by atoms with Crippen LogP contribution in [0.2, 0.25) is 0 Å². The van der Waals surface area contributed by atoms with E-state index in [0.717, 1.165) is 55.5 Å². The van der Waals surface area contributed by atoms with Gasteiger partial charge in [-0.2, -0.15) is 0 Å². The lowest BCUT2D eigenvalue weighted by molar-refractivity contribution is -0.948. The van der Waals surface area contributed by atoms with Gasteiger partial charge in [-0.15, -0.1) is 0 Å². The van der Waals surface area contributed by atoms with Crippen LogP contribution in [0.3, 0.4) is 0 Å². The molecule has 0 amide bonds. The van der Waals surface area contributed by atoms with Gasteiger partial charge in [0.25, 0.3) is 0 Å². The fourth-order valence-electron chi connectivity index (χ4n) is 5.64. The molecule has 9 heteroatoms. The lowest BCUT2D eigenvalue weighted by atomic mass is 9.90. The number of ketones is 1. The summed E-state index contributed by atoms with van der Waals surface area (Å²) in [6, 6.07) is 19.3. The van der Waals surface area contributed by atoms with Crippen LogP contribution >= 0.6 is 0 Å². The molecule has 0 N–H and O–H groups in total. The van der Waals surface area contributed by atoms with Gasteiger partial charge in [0.1, 0.15) is 5.82 Å². The zero-order chi connectivity index (χ0) is 29.5. The minimum atomic E-state index is -0.350. The third-order valence-corrected chi connectivity index (χ3v) is 8.05. The van der Waals surface area contributed by atoms with Gasteiger partial charge in [-0.1, -0.05) is 35.5 Å². The summed E-state index contributed by atoms with van der Waals surface area (Å²) in [5.41, 5.74) is 2.79. The van der Waals surface area contributed by atoms with Crippen LogP contribution in [0.25, 0.3) is 11.0 Å². The van der Waals surface area contributed by atoms with E-state index in [0.29, 0.717) is 33.7 Å². The van der Waals surface area contributed by atoms with E-state index in [1.165, 1.54) is 19.1 Å². The van der Waals surface area contributed by atoms with Crippen molar-refractivity contribution in [3.05, 3.63) is 96.8 Å². The first-order valence-electron chi connectivity index (χ1n) is 14.3. The van der Waals surface area contributed by atoms with Crippen molar-refractivity contribution in [3.63, 3.8) is 0 Å². The maximum Gasteiger partial charge on any atom is 0.314 e. The summed E-state index contributed by atoms with van der Waals surface area (Å²) in [4.78, 5) is 24.5. The molecular formula is C34H39FN2O6. The van der Waals surface area contributed by atoms with Crippen molar-refractivity contribution < 1.29 is 37.2 Å². The Labute approximate surface area is 251 Å². The van der Waals surface area contributed by atoms with E-state index in [1.807, 2.05) is 30.3 Å². The predicted molar refractivity (Wildman–Crippen MR) is 161 cm³/mol. The number of esters is 1. The average Bonchev–Trinajstić information content (AvgIpc) is 3.42. The van der Waals surface area contributed by atoms with E-state index in [2.05, 4.69) is 5.16 Å². The highest BCUT2D eigenvalue weighted by Gasteiger charge is 2.37. The fourth-order valence-corrected chi connectivity index (χ4v) is 5.64. The lowest BCUT2D eigenvalue weighted by Gasteiger charge is -2.42. The monoisotopic (exact) mass is 590 g/mol. The number of aromatic nitrogens is 1.